The smallest absolute Gasteiger partial charge is 0.0960 e. The molecular weight excluding hydrogens is 124 g/mol. The van der Waals surface area contributed by atoms with Crippen LogP contribution in [0.25, 0.3) is 0 Å². The third-order valence-corrected chi connectivity index (χ3v) is 1.01. The van der Waals surface area contributed by atoms with Crippen LogP contribution in [0.2, 0.25) is 0 Å². The summed E-state index contributed by atoms with van der Waals surface area (Å²) in [6, 6.07) is 0. The van der Waals surface area contributed by atoms with Gasteiger partial charge in [-0.1, -0.05) is 0 Å². The van der Waals surface area contributed by atoms with Crippen LogP contribution in [0.4, 0.5) is 0 Å². The van der Waals surface area contributed by atoms with Gasteiger partial charge in [0.1, 0.15) is 0 Å². The molecule has 2 atom stereocenters. The molecule has 0 spiro atoms. The first-order valence-corrected chi connectivity index (χ1v) is 2.79. The fraction of sp³-hybridized carbons (Fsp3) is 1.00. The second-order valence-corrected chi connectivity index (χ2v) is 2.06. The third-order valence-electron chi connectivity index (χ3n) is 1.01. The normalized spacial score (nSPS) is 17.3. The van der Waals surface area contributed by atoms with Crippen LogP contribution in [-0.4, -0.2) is 17.5 Å². The lowest BCUT2D eigenvalue weighted by molar-refractivity contribution is -0.344. The van der Waals surface area contributed by atoms with Gasteiger partial charge in [0.25, 0.3) is 0 Å². The molecule has 55 valence electrons. The molecule has 0 aromatic rings. The van der Waals surface area contributed by atoms with E-state index < -0.39 is 6.10 Å². The fourth-order valence-electron chi connectivity index (χ4n) is 0.550. The molecule has 1 N–H and O–H groups in total. The topological polar surface area (TPSA) is 58.6 Å². The summed E-state index contributed by atoms with van der Waals surface area (Å²) >= 11 is 0. The van der Waals surface area contributed by atoms with Gasteiger partial charge >= 0.3 is 0 Å². The molecule has 0 aliphatic rings. The van der Waals surface area contributed by atoms with E-state index in [2.05, 4.69) is 9.78 Å². The quantitative estimate of drug-likeness (QED) is 0.462. The maximum absolute atomic E-state index is 9.64. The van der Waals surface area contributed by atoms with Gasteiger partial charge < -0.3 is 0 Å². The molecule has 0 aromatic heterocycles. The van der Waals surface area contributed by atoms with E-state index in [0.29, 0.717) is 6.42 Å². The van der Waals surface area contributed by atoms with E-state index in [0.717, 1.165) is 0 Å². The average Bonchev–Trinajstić information content (AvgIpc) is 1.87. The molecule has 0 fully saturated rings. The zero-order valence-electron chi connectivity index (χ0n) is 5.53. The SMILES string of the molecule is CC(CC(C)OO)O[O]. The van der Waals surface area contributed by atoms with Crippen molar-refractivity contribution in [3.05, 3.63) is 0 Å². The van der Waals surface area contributed by atoms with Gasteiger partial charge in [-0.2, -0.15) is 0 Å². The fourth-order valence-corrected chi connectivity index (χ4v) is 0.550. The Hall–Kier alpha value is -0.160. The second kappa shape index (κ2) is 4.69. The summed E-state index contributed by atoms with van der Waals surface area (Å²) in [5.41, 5.74) is 0. The van der Waals surface area contributed by atoms with Crippen molar-refractivity contribution in [3.8, 4) is 0 Å². The van der Waals surface area contributed by atoms with Crippen LogP contribution in [0.5, 0.6) is 0 Å². The molecule has 0 amide bonds. The highest BCUT2D eigenvalue weighted by Gasteiger charge is 2.08. The lowest BCUT2D eigenvalue weighted by Crippen LogP contribution is -2.15. The first-order chi connectivity index (χ1) is 4.20. The zero-order valence-corrected chi connectivity index (χ0v) is 5.53. The standard InChI is InChI=1S/C5H11O4/c1-4(8-6)3-5(2)9-7/h4-6H,3H2,1-2H3. The monoisotopic (exact) mass is 135 g/mol. The highest BCUT2D eigenvalue weighted by molar-refractivity contribution is 4.53. The van der Waals surface area contributed by atoms with Crippen molar-refractivity contribution in [2.24, 2.45) is 0 Å². The van der Waals surface area contributed by atoms with E-state index in [-0.39, 0.29) is 6.10 Å². The Morgan fingerprint density at radius 3 is 2.33 bits per heavy atom. The van der Waals surface area contributed by atoms with Crippen LogP contribution < -0.4 is 0 Å². The number of hydrogen-bond donors (Lipinski definition) is 1. The first-order valence-electron chi connectivity index (χ1n) is 2.79. The Bertz CT molecular complexity index is 58.0. The van der Waals surface area contributed by atoms with Gasteiger partial charge in [0.2, 0.25) is 0 Å². The van der Waals surface area contributed by atoms with Crippen LogP contribution in [0.1, 0.15) is 20.3 Å². The van der Waals surface area contributed by atoms with Gasteiger partial charge in [0, 0.05) is 6.42 Å². The Kier molecular flexibility index (Phi) is 4.61. The van der Waals surface area contributed by atoms with Gasteiger partial charge in [-0.3, -0.25) is 5.26 Å². The molecule has 0 heterocycles. The predicted molar refractivity (Wildman–Crippen MR) is 29.0 cm³/mol. The van der Waals surface area contributed by atoms with E-state index >= 15 is 0 Å². The molecule has 0 saturated carbocycles. The molecule has 4 nitrogen and oxygen atoms in total. The average molecular weight is 135 g/mol. The Labute approximate surface area is 53.9 Å². The van der Waals surface area contributed by atoms with Crippen molar-refractivity contribution >= 4 is 0 Å². The van der Waals surface area contributed by atoms with Crippen molar-refractivity contribution in [1.29, 1.82) is 0 Å². The van der Waals surface area contributed by atoms with Crippen LogP contribution in [0, 0.1) is 0 Å². The second-order valence-electron chi connectivity index (χ2n) is 2.06. The lowest BCUT2D eigenvalue weighted by atomic mass is 10.2. The molecule has 0 aliphatic heterocycles. The van der Waals surface area contributed by atoms with E-state index in [4.69, 9.17) is 5.26 Å². The largest absolute Gasteiger partial charge is 0.252 e. The minimum atomic E-state index is -0.410. The molecular formula is C5H11O4. The summed E-state index contributed by atoms with van der Waals surface area (Å²) in [6.45, 7) is 3.26. The van der Waals surface area contributed by atoms with Gasteiger partial charge in [0.15, 0.2) is 0 Å². The third kappa shape index (κ3) is 4.35. The summed E-state index contributed by atoms with van der Waals surface area (Å²) in [5, 5.41) is 17.7. The van der Waals surface area contributed by atoms with Crippen LogP contribution in [0.3, 0.4) is 0 Å². The van der Waals surface area contributed by atoms with Gasteiger partial charge in [-0.25, -0.2) is 9.78 Å². The molecule has 1 radical (unpaired) electrons. The molecule has 9 heavy (non-hydrogen) atoms. The van der Waals surface area contributed by atoms with Gasteiger partial charge in [-0.05, 0) is 19.1 Å². The van der Waals surface area contributed by atoms with Crippen molar-refractivity contribution in [3.63, 3.8) is 0 Å². The van der Waals surface area contributed by atoms with E-state index in [1.165, 1.54) is 0 Å². The van der Waals surface area contributed by atoms with Gasteiger partial charge in [0.05, 0.1) is 12.2 Å². The lowest BCUT2D eigenvalue weighted by Gasteiger charge is -2.09. The van der Waals surface area contributed by atoms with Gasteiger partial charge in [-0.15, -0.1) is 0 Å². The molecule has 2 unspecified atom stereocenters. The number of hydrogen-bond acceptors (Lipinski definition) is 3. The maximum atomic E-state index is 9.64. The summed E-state index contributed by atoms with van der Waals surface area (Å²) < 4.78 is 0. The highest BCUT2D eigenvalue weighted by atomic mass is 17.1. The summed E-state index contributed by atoms with van der Waals surface area (Å²) in [4.78, 5) is 7.59. The molecule has 4 heteroatoms. The summed E-state index contributed by atoms with van der Waals surface area (Å²) in [6.07, 6.45) is -0.346. The minimum absolute atomic E-state index is 0.339. The molecule has 0 aromatic carbocycles. The highest BCUT2D eigenvalue weighted by Crippen LogP contribution is 2.02. The Morgan fingerprint density at radius 1 is 1.44 bits per heavy atom. The summed E-state index contributed by atoms with van der Waals surface area (Å²) in [7, 11) is 0. The molecule has 0 aliphatic carbocycles. The first kappa shape index (κ1) is 8.84. The van der Waals surface area contributed by atoms with Crippen molar-refractivity contribution < 1.29 is 20.3 Å². The molecule has 0 rings (SSSR count). The maximum Gasteiger partial charge on any atom is 0.0960 e. The predicted octanol–water partition coefficient (Wildman–Crippen LogP) is 1.01. The van der Waals surface area contributed by atoms with E-state index in [9.17, 15) is 5.26 Å². The summed E-state index contributed by atoms with van der Waals surface area (Å²) in [5.74, 6) is 0. The Morgan fingerprint density at radius 2 is 2.00 bits per heavy atom. The van der Waals surface area contributed by atoms with Crippen LogP contribution >= 0.6 is 0 Å². The molecule has 0 bridgehead atoms. The zero-order chi connectivity index (χ0) is 7.28. The van der Waals surface area contributed by atoms with Crippen LogP contribution in [0.15, 0.2) is 0 Å². The van der Waals surface area contributed by atoms with E-state index in [1.54, 1.807) is 13.8 Å². The van der Waals surface area contributed by atoms with Crippen LogP contribution in [-0.2, 0) is 15.0 Å². The van der Waals surface area contributed by atoms with E-state index in [1.807, 2.05) is 0 Å². The number of rotatable bonds is 4. The van der Waals surface area contributed by atoms with Crippen molar-refractivity contribution in [1.82, 2.24) is 0 Å². The van der Waals surface area contributed by atoms with Crippen molar-refractivity contribution in [2.45, 2.75) is 32.5 Å². The minimum Gasteiger partial charge on any atom is -0.252 e. The van der Waals surface area contributed by atoms with Crippen molar-refractivity contribution in [2.75, 3.05) is 0 Å². The molecule has 0 saturated heterocycles. The Balaban J connectivity index is 3.22.